The largest absolute Gasteiger partial charge is 0.489 e. The first-order chi connectivity index (χ1) is 10.5. The lowest BCUT2D eigenvalue weighted by Crippen LogP contribution is -2.25. The molecule has 0 spiro atoms. The zero-order valence-corrected chi connectivity index (χ0v) is 12.5. The van der Waals surface area contributed by atoms with Crippen LogP contribution in [0.2, 0.25) is 0 Å². The van der Waals surface area contributed by atoms with E-state index in [4.69, 9.17) is 4.74 Å². The smallest absolute Gasteiger partial charge is 0.270 e. The summed E-state index contributed by atoms with van der Waals surface area (Å²) in [5, 5.41) is 3.27. The van der Waals surface area contributed by atoms with Gasteiger partial charge >= 0.3 is 0 Å². The first kappa shape index (κ1) is 15.0. The number of hydrogen-bond acceptors (Lipinski definition) is 2. The third-order valence-electron chi connectivity index (χ3n) is 3.92. The lowest BCUT2D eigenvalue weighted by Gasteiger charge is -2.23. The molecule has 0 radical (unpaired) electrons. The number of fused-ring (bicyclic) bond motifs is 1. The summed E-state index contributed by atoms with van der Waals surface area (Å²) >= 11 is 0. The molecule has 22 heavy (non-hydrogen) atoms. The van der Waals surface area contributed by atoms with Gasteiger partial charge in [-0.2, -0.15) is 0 Å². The molecule has 1 N–H and O–H groups in total. The second kappa shape index (κ2) is 6.05. The van der Waals surface area contributed by atoms with Crippen molar-refractivity contribution < 1.29 is 13.5 Å². The summed E-state index contributed by atoms with van der Waals surface area (Å²) in [7, 11) is 0. The van der Waals surface area contributed by atoms with Gasteiger partial charge in [-0.3, -0.25) is 0 Å². The van der Waals surface area contributed by atoms with E-state index in [0.29, 0.717) is 18.9 Å². The molecule has 116 valence electrons. The van der Waals surface area contributed by atoms with Crippen molar-refractivity contribution in [2.75, 3.05) is 6.54 Å². The van der Waals surface area contributed by atoms with E-state index in [-0.39, 0.29) is 5.56 Å². The van der Waals surface area contributed by atoms with Crippen LogP contribution in [-0.2, 0) is 25.5 Å². The lowest BCUT2D eigenvalue weighted by molar-refractivity contribution is 0.0170. The quantitative estimate of drug-likeness (QED) is 0.921. The molecule has 0 unspecified atom stereocenters. The van der Waals surface area contributed by atoms with Crippen LogP contribution in [0.15, 0.2) is 42.5 Å². The van der Waals surface area contributed by atoms with E-state index < -0.39 is 5.92 Å². The molecule has 2 aromatic rings. The molecule has 0 saturated heterocycles. The molecule has 4 heteroatoms. The predicted molar refractivity (Wildman–Crippen MR) is 82.2 cm³/mol. The molecule has 0 atom stereocenters. The summed E-state index contributed by atoms with van der Waals surface area (Å²) in [6, 6.07) is 12.8. The molecule has 2 aromatic carbocycles. The van der Waals surface area contributed by atoms with Crippen LogP contribution >= 0.6 is 0 Å². The molecule has 3 rings (SSSR count). The monoisotopic (exact) mass is 303 g/mol. The Kier molecular flexibility index (Phi) is 4.12. The van der Waals surface area contributed by atoms with Crippen molar-refractivity contribution >= 4 is 0 Å². The van der Waals surface area contributed by atoms with Crippen LogP contribution < -0.4 is 10.1 Å². The van der Waals surface area contributed by atoms with Crippen LogP contribution in [0.1, 0.15) is 29.2 Å². The summed E-state index contributed by atoms with van der Waals surface area (Å²) in [5.41, 5.74) is 3.00. The Bertz CT molecular complexity index is 650. The Hall–Kier alpha value is -1.94. The van der Waals surface area contributed by atoms with Crippen LogP contribution in [0.5, 0.6) is 5.75 Å². The van der Waals surface area contributed by atoms with Crippen LogP contribution in [0.25, 0.3) is 0 Å². The van der Waals surface area contributed by atoms with Gasteiger partial charge in [-0.05, 0) is 36.2 Å². The maximum Gasteiger partial charge on any atom is 0.270 e. The molecule has 0 aliphatic carbocycles. The molecule has 1 aliphatic heterocycles. The van der Waals surface area contributed by atoms with E-state index in [0.717, 1.165) is 36.6 Å². The Morgan fingerprint density at radius 2 is 1.95 bits per heavy atom. The highest BCUT2D eigenvalue weighted by atomic mass is 19.3. The molecule has 0 aromatic heterocycles. The van der Waals surface area contributed by atoms with E-state index in [1.807, 2.05) is 30.3 Å². The Balaban J connectivity index is 1.91. The Labute approximate surface area is 129 Å². The van der Waals surface area contributed by atoms with Crippen LogP contribution in [-0.4, -0.2) is 6.54 Å². The Morgan fingerprint density at radius 1 is 1.18 bits per heavy atom. The first-order valence-electron chi connectivity index (χ1n) is 7.45. The third-order valence-corrected chi connectivity index (χ3v) is 3.92. The zero-order valence-electron chi connectivity index (χ0n) is 12.5. The molecule has 0 fully saturated rings. The molecule has 0 bridgehead atoms. The highest BCUT2D eigenvalue weighted by Crippen LogP contribution is 2.35. The SMILES string of the molecule is CC(F)(F)c1cc2c(c(OCc3ccccc3)c1)CNCC2. The third kappa shape index (κ3) is 3.28. The van der Waals surface area contributed by atoms with Crippen LogP contribution in [0.3, 0.4) is 0 Å². The molecule has 0 amide bonds. The van der Waals surface area contributed by atoms with Crippen molar-refractivity contribution in [2.24, 2.45) is 0 Å². The van der Waals surface area contributed by atoms with Gasteiger partial charge in [-0.15, -0.1) is 0 Å². The number of hydrogen-bond donors (Lipinski definition) is 1. The zero-order chi connectivity index (χ0) is 15.6. The fourth-order valence-electron chi connectivity index (χ4n) is 2.68. The minimum absolute atomic E-state index is 0.0243. The number of ether oxygens (including phenoxy) is 1. The van der Waals surface area contributed by atoms with Crippen molar-refractivity contribution in [3.05, 3.63) is 64.7 Å². The average Bonchev–Trinajstić information content (AvgIpc) is 2.52. The highest BCUT2D eigenvalue weighted by molar-refractivity contribution is 5.46. The topological polar surface area (TPSA) is 21.3 Å². The van der Waals surface area contributed by atoms with E-state index in [2.05, 4.69) is 5.32 Å². The van der Waals surface area contributed by atoms with Gasteiger partial charge in [0.25, 0.3) is 5.92 Å². The van der Waals surface area contributed by atoms with E-state index >= 15 is 0 Å². The summed E-state index contributed by atoms with van der Waals surface area (Å²) in [6.45, 7) is 2.78. The number of nitrogens with one attached hydrogen (secondary N) is 1. The van der Waals surface area contributed by atoms with Crippen LogP contribution in [0.4, 0.5) is 8.78 Å². The molecule has 0 saturated carbocycles. The lowest BCUT2D eigenvalue weighted by atomic mass is 9.95. The standard InChI is InChI=1S/C18H19F2NO/c1-18(19,20)15-9-14-7-8-21-11-16(14)17(10-15)22-12-13-5-3-2-4-6-13/h2-6,9-10,21H,7-8,11-12H2,1H3. The summed E-state index contributed by atoms with van der Waals surface area (Å²) < 4.78 is 33.2. The molecular formula is C18H19F2NO. The van der Waals surface area contributed by atoms with Gasteiger partial charge < -0.3 is 10.1 Å². The summed E-state index contributed by atoms with van der Waals surface area (Å²) in [5.74, 6) is -2.30. The van der Waals surface area contributed by atoms with Crippen LogP contribution in [0, 0.1) is 0 Å². The van der Waals surface area contributed by atoms with Crippen molar-refractivity contribution in [1.29, 1.82) is 0 Å². The van der Waals surface area contributed by atoms with Gasteiger partial charge in [0.2, 0.25) is 0 Å². The van der Waals surface area contributed by atoms with E-state index in [9.17, 15) is 8.78 Å². The van der Waals surface area contributed by atoms with E-state index in [1.54, 1.807) is 6.07 Å². The van der Waals surface area contributed by atoms with Crippen molar-refractivity contribution in [3.63, 3.8) is 0 Å². The second-order valence-electron chi connectivity index (χ2n) is 5.70. The molecular weight excluding hydrogens is 284 g/mol. The summed E-state index contributed by atoms with van der Waals surface area (Å²) in [6.07, 6.45) is 0.751. The number of halogens is 2. The summed E-state index contributed by atoms with van der Waals surface area (Å²) in [4.78, 5) is 0. The van der Waals surface area contributed by atoms with Gasteiger partial charge in [0.1, 0.15) is 12.4 Å². The van der Waals surface area contributed by atoms with Gasteiger partial charge in [0, 0.05) is 24.6 Å². The van der Waals surface area contributed by atoms with Crippen molar-refractivity contribution in [3.8, 4) is 5.75 Å². The predicted octanol–water partition coefficient (Wildman–Crippen LogP) is 4.02. The van der Waals surface area contributed by atoms with Gasteiger partial charge in [0.15, 0.2) is 0 Å². The normalized spacial score (nSPS) is 14.5. The highest BCUT2D eigenvalue weighted by Gasteiger charge is 2.27. The fraction of sp³-hybridized carbons (Fsp3) is 0.333. The van der Waals surface area contributed by atoms with Gasteiger partial charge in [0.05, 0.1) is 0 Å². The number of benzene rings is 2. The molecule has 1 heterocycles. The Morgan fingerprint density at radius 3 is 2.68 bits per heavy atom. The fourth-order valence-corrected chi connectivity index (χ4v) is 2.68. The number of alkyl halides is 2. The molecule has 1 aliphatic rings. The second-order valence-corrected chi connectivity index (χ2v) is 5.70. The maximum absolute atomic E-state index is 13.7. The number of rotatable bonds is 4. The van der Waals surface area contributed by atoms with Crippen molar-refractivity contribution in [1.82, 2.24) is 5.32 Å². The minimum Gasteiger partial charge on any atom is -0.489 e. The molecule has 2 nitrogen and oxygen atoms in total. The van der Waals surface area contributed by atoms with Gasteiger partial charge in [-0.25, -0.2) is 8.78 Å². The van der Waals surface area contributed by atoms with Gasteiger partial charge in [-0.1, -0.05) is 30.3 Å². The average molecular weight is 303 g/mol. The van der Waals surface area contributed by atoms with E-state index in [1.165, 1.54) is 6.07 Å². The van der Waals surface area contributed by atoms with Crippen molar-refractivity contribution in [2.45, 2.75) is 32.4 Å². The first-order valence-corrected chi connectivity index (χ1v) is 7.45. The maximum atomic E-state index is 13.7. The minimum atomic E-state index is -2.86.